The van der Waals surface area contributed by atoms with Crippen LogP contribution in [-0.4, -0.2) is 24.1 Å². The maximum atomic E-state index is 13.2. The van der Waals surface area contributed by atoms with Crippen molar-refractivity contribution >= 4 is 45.1 Å². The van der Waals surface area contributed by atoms with Gasteiger partial charge in [0.05, 0.1) is 23.9 Å². The van der Waals surface area contributed by atoms with Crippen molar-refractivity contribution in [1.82, 2.24) is 4.98 Å². The SMILES string of the molecule is COC1=C(c2c(C)cc(Br)cc2C)C(=O)C(=Cc2ccc(C#N)c(SC)n2)C1. The lowest BCUT2D eigenvalue weighted by Gasteiger charge is -2.12. The van der Waals surface area contributed by atoms with E-state index >= 15 is 0 Å². The van der Waals surface area contributed by atoms with Crippen LogP contribution in [0, 0.1) is 25.2 Å². The van der Waals surface area contributed by atoms with E-state index in [2.05, 4.69) is 27.0 Å². The average Bonchev–Trinajstić information content (AvgIpc) is 2.96. The number of carbonyl (C=O) groups is 1. The van der Waals surface area contributed by atoms with E-state index in [-0.39, 0.29) is 5.78 Å². The van der Waals surface area contributed by atoms with Crippen LogP contribution in [0.2, 0.25) is 0 Å². The van der Waals surface area contributed by atoms with Crippen LogP contribution < -0.4 is 0 Å². The molecule has 0 unspecified atom stereocenters. The first-order chi connectivity index (χ1) is 13.4. The molecule has 4 nitrogen and oxygen atoms in total. The van der Waals surface area contributed by atoms with Crippen molar-refractivity contribution < 1.29 is 9.53 Å². The summed E-state index contributed by atoms with van der Waals surface area (Å²) < 4.78 is 6.56. The van der Waals surface area contributed by atoms with Gasteiger partial charge in [-0.2, -0.15) is 5.26 Å². The molecule has 142 valence electrons. The highest BCUT2D eigenvalue weighted by Gasteiger charge is 2.32. The van der Waals surface area contributed by atoms with Crippen LogP contribution in [0.25, 0.3) is 11.6 Å². The maximum Gasteiger partial charge on any atom is 0.193 e. The fourth-order valence-corrected chi connectivity index (χ4v) is 4.65. The fourth-order valence-electron chi connectivity index (χ4n) is 3.43. The van der Waals surface area contributed by atoms with E-state index in [1.165, 1.54) is 11.8 Å². The molecule has 0 atom stereocenters. The molecule has 0 saturated heterocycles. The number of carbonyl (C=O) groups excluding carboxylic acids is 1. The van der Waals surface area contributed by atoms with Gasteiger partial charge >= 0.3 is 0 Å². The Morgan fingerprint density at radius 3 is 2.54 bits per heavy atom. The summed E-state index contributed by atoms with van der Waals surface area (Å²) >= 11 is 4.92. The first-order valence-corrected chi connectivity index (χ1v) is 10.7. The lowest BCUT2D eigenvalue weighted by atomic mass is 9.93. The third-order valence-electron chi connectivity index (χ3n) is 4.66. The lowest BCUT2D eigenvalue weighted by molar-refractivity contribution is -0.110. The molecular formula is C22H19BrN2O2S. The minimum Gasteiger partial charge on any atom is -0.500 e. The van der Waals surface area contributed by atoms with E-state index in [1.807, 2.05) is 32.2 Å². The van der Waals surface area contributed by atoms with E-state index in [0.717, 1.165) is 21.2 Å². The Kier molecular flexibility index (Phi) is 6.07. The van der Waals surface area contributed by atoms with E-state index in [1.54, 1.807) is 25.3 Å². The summed E-state index contributed by atoms with van der Waals surface area (Å²) in [5.41, 5.74) is 5.41. The van der Waals surface area contributed by atoms with Gasteiger partial charge in [0.2, 0.25) is 0 Å². The molecule has 0 fully saturated rings. The van der Waals surface area contributed by atoms with E-state index in [0.29, 0.717) is 39.6 Å². The molecule has 28 heavy (non-hydrogen) atoms. The van der Waals surface area contributed by atoms with Crippen LogP contribution in [0.4, 0.5) is 0 Å². The standard InChI is InChI=1S/C22H19BrN2O2S/c1-12-7-16(23)8-13(2)19(12)20-18(27-3)10-15(21(20)26)9-17-6-5-14(11-24)22(25-17)28-4/h5-9H,10H2,1-4H3. The number of aryl methyl sites for hydroxylation is 2. The highest BCUT2D eigenvalue weighted by atomic mass is 79.9. The molecule has 2 aromatic rings. The molecule has 1 aromatic heterocycles. The summed E-state index contributed by atoms with van der Waals surface area (Å²) in [4.78, 5) is 17.7. The summed E-state index contributed by atoms with van der Waals surface area (Å²) in [5, 5.41) is 9.82. The zero-order valence-electron chi connectivity index (χ0n) is 16.1. The zero-order valence-corrected chi connectivity index (χ0v) is 18.5. The van der Waals surface area contributed by atoms with E-state index in [4.69, 9.17) is 10.00 Å². The van der Waals surface area contributed by atoms with Crippen molar-refractivity contribution in [2.75, 3.05) is 13.4 Å². The van der Waals surface area contributed by atoms with Gasteiger partial charge in [-0.05, 0) is 67.1 Å². The predicted molar refractivity (Wildman–Crippen MR) is 116 cm³/mol. The second-order valence-electron chi connectivity index (χ2n) is 6.50. The Morgan fingerprint density at radius 2 is 1.96 bits per heavy atom. The normalized spacial score (nSPS) is 15.3. The van der Waals surface area contributed by atoms with Gasteiger partial charge in [0, 0.05) is 16.5 Å². The van der Waals surface area contributed by atoms with Gasteiger partial charge in [-0.3, -0.25) is 4.79 Å². The van der Waals surface area contributed by atoms with Crippen LogP contribution >= 0.6 is 27.7 Å². The summed E-state index contributed by atoms with van der Waals surface area (Å²) in [6.07, 6.45) is 4.09. The number of nitriles is 1. The number of aromatic nitrogens is 1. The maximum absolute atomic E-state index is 13.2. The average molecular weight is 455 g/mol. The molecule has 0 aliphatic heterocycles. The number of allylic oxidation sites excluding steroid dienone is 2. The molecule has 0 saturated carbocycles. The Balaban J connectivity index is 2.05. The van der Waals surface area contributed by atoms with Crippen molar-refractivity contribution in [3.05, 3.63) is 68.0 Å². The zero-order chi connectivity index (χ0) is 20.4. The molecule has 0 bridgehead atoms. The highest BCUT2D eigenvalue weighted by molar-refractivity contribution is 9.10. The second-order valence-corrected chi connectivity index (χ2v) is 8.21. The topological polar surface area (TPSA) is 63.0 Å². The molecule has 3 rings (SSSR count). The van der Waals surface area contributed by atoms with Gasteiger partial charge < -0.3 is 4.74 Å². The number of benzene rings is 1. The lowest BCUT2D eigenvalue weighted by Crippen LogP contribution is -2.04. The Morgan fingerprint density at radius 1 is 1.29 bits per heavy atom. The van der Waals surface area contributed by atoms with Gasteiger partial charge in [0.25, 0.3) is 0 Å². The van der Waals surface area contributed by atoms with Crippen LogP contribution in [-0.2, 0) is 9.53 Å². The smallest absolute Gasteiger partial charge is 0.193 e. The Bertz CT molecular complexity index is 1060. The fraction of sp³-hybridized carbons (Fsp3) is 0.227. The number of halogens is 1. The molecule has 0 N–H and O–H groups in total. The molecule has 1 aliphatic rings. The molecule has 1 aliphatic carbocycles. The molecule has 6 heteroatoms. The Hall–Kier alpha value is -2.36. The molecular weight excluding hydrogens is 436 g/mol. The molecule has 1 heterocycles. The summed E-state index contributed by atoms with van der Waals surface area (Å²) in [6, 6.07) is 9.64. The molecule has 0 amide bonds. The quantitative estimate of drug-likeness (QED) is 0.452. The molecule has 0 radical (unpaired) electrons. The minimum absolute atomic E-state index is 0.0396. The second kappa shape index (κ2) is 8.34. The number of methoxy groups -OCH3 is 1. The van der Waals surface area contributed by atoms with Gasteiger partial charge in [-0.1, -0.05) is 15.9 Å². The number of hydrogen-bond donors (Lipinski definition) is 0. The summed E-state index contributed by atoms with van der Waals surface area (Å²) in [5.74, 6) is 0.630. The number of ketones is 1. The monoisotopic (exact) mass is 454 g/mol. The first-order valence-electron chi connectivity index (χ1n) is 8.64. The van der Waals surface area contributed by atoms with Crippen LogP contribution in [0.15, 0.2) is 45.1 Å². The van der Waals surface area contributed by atoms with Gasteiger partial charge in [-0.15, -0.1) is 11.8 Å². The van der Waals surface area contributed by atoms with Crippen LogP contribution in [0.5, 0.6) is 0 Å². The number of ether oxygens (including phenoxy) is 1. The predicted octanol–water partition coefficient (Wildman–Crippen LogP) is 5.47. The van der Waals surface area contributed by atoms with E-state index in [9.17, 15) is 4.79 Å². The van der Waals surface area contributed by atoms with Crippen LogP contribution in [0.1, 0.15) is 34.4 Å². The van der Waals surface area contributed by atoms with Crippen LogP contribution in [0.3, 0.4) is 0 Å². The number of Topliss-reactive ketones (excluding diaryl/α,β-unsaturated/α-hetero) is 1. The number of pyridine rings is 1. The molecule has 1 aromatic carbocycles. The number of rotatable bonds is 4. The largest absolute Gasteiger partial charge is 0.500 e. The third-order valence-corrected chi connectivity index (χ3v) is 5.82. The van der Waals surface area contributed by atoms with Gasteiger partial charge in [0.1, 0.15) is 16.9 Å². The number of thioether (sulfide) groups is 1. The molecule has 0 spiro atoms. The van der Waals surface area contributed by atoms with Crippen molar-refractivity contribution in [2.45, 2.75) is 25.3 Å². The van der Waals surface area contributed by atoms with E-state index < -0.39 is 0 Å². The summed E-state index contributed by atoms with van der Waals surface area (Å²) in [6.45, 7) is 3.99. The van der Waals surface area contributed by atoms with Crippen molar-refractivity contribution in [2.24, 2.45) is 0 Å². The Labute approximate surface area is 177 Å². The highest BCUT2D eigenvalue weighted by Crippen LogP contribution is 2.39. The van der Waals surface area contributed by atoms with Crippen molar-refractivity contribution in [1.29, 1.82) is 5.26 Å². The summed E-state index contributed by atoms with van der Waals surface area (Å²) in [7, 11) is 1.60. The third kappa shape index (κ3) is 3.78. The number of hydrogen-bond acceptors (Lipinski definition) is 5. The van der Waals surface area contributed by atoms with Gasteiger partial charge in [-0.25, -0.2) is 4.98 Å². The van der Waals surface area contributed by atoms with Gasteiger partial charge in [0.15, 0.2) is 5.78 Å². The number of nitrogens with zero attached hydrogens (tertiary/aromatic N) is 2. The first kappa shape index (κ1) is 20.4. The van der Waals surface area contributed by atoms with Crippen molar-refractivity contribution in [3.63, 3.8) is 0 Å². The van der Waals surface area contributed by atoms with Crippen molar-refractivity contribution in [3.8, 4) is 6.07 Å². The minimum atomic E-state index is -0.0396.